The third-order valence-electron chi connectivity index (χ3n) is 2.85. The van der Waals surface area contributed by atoms with Gasteiger partial charge in [-0.1, -0.05) is 18.8 Å². The predicted molar refractivity (Wildman–Crippen MR) is 74.0 cm³/mol. The molecule has 0 radical (unpaired) electrons. The zero-order chi connectivity index (χ0) is 14.4. The maximum absolute atomic E-state index is 12.0. The van der Waals surface area contributed by atoms with Gasteiger partial charge < -0.3 is 4.74 Å². The number of unbranched alkanes of at least 4 members (excludes halogenated alkanes) is 1. The maximum Gasteiger partial charge on any atom is 0.379 e. The average Bonchev–Trinajstić information content (AvgIpc) is 2.41. The smallest absolute Gasteiger partial charge is 0.379 e. The lowest BCUT2D eigenvalue weighted by Crippen LogP contribution is -2.17. The van der Waals surface area contributed by atoms with E-state index in [9.17, 15) is 9.59 Å². The number of rotatable bonds is 3. The maximum atomic E-state index is 12.0. The molecule has 1 aromatic carbocycles. The van der Waals surface area contributed by atoms with E-state index in [1.807, 2.05) is 26.8 Å². The lowest BCUT2D eigenvalue weighted by atomic mass is 9.97. The molecule has 0 bridgehead atoms. The number of benzene rings is 1. The standard InChI is InChI=1S/C16H18O3/c1-5-6-7-8-13-9-11(2)12(3)10-14(13)15(17)16(18)19-4/h9-10H,5-6H2,1-4H3. The van der Waals surface area contributed by atoms with Crippen LogP contribution in [0.15, 0.2) is 12.1 Å². The lowest BCUT2D eigenvalue weighted by molar-refractivity contribution is -0.135. The van der Waals surface area contributed by atoms with Crippen LogP contribution >= 0.6 is 0 Å². The van der Waals surface area contributed by atoms with E-state index in [-0.39, 0.29) is 0 Å². The van der Waals surface area contributed by atoms with Crippen molar-refractivity contribution in [1.82, 2.24) is 0 Å². The van der Waals surface area contributed by atoms with E-state index in [1.54, 1.807) is 6.07 Å². The van der Waals surface area contributed by atoms with Gasteiger partial charge in [-0.05, 0) is 43.5 Å². The number of carbonyl (C=O) groups is 2. The molecule has 3 nitrogen and oxygen atoms in total. The number of esters is 1. The Morgan fingerprint density at radius 3 is 2.42 bits per heavy atom. The molecule has 0 aliphatic rings. The Morgan fingerprint density at radius 1 is 1.21 bits per heavy atom. The molecule has 0 unspecified atom stereocenters. The Labute approximate surface area is 114 Å². The monoisotopic (exact) mass is 258 g/mol. The van der Waals surface area contributed by atoms with Gasteiger partial charge in [0.25, 0.3) is 5.78 Å². The fourth-order valence-corrected chi connectivity index (χ4v) is 1.59. The highest BCUT2D eigenvalue weighted by atomic mass is 16.5. The van der Waals surface area contributed by atoms with Gasteiger partial charge >= 0.3 is 5.97 Å². The minimum atomic E-state index is -0.859. The molecule has 0 amide bonds. The van der Waals surface area contributed by atoms with Gasteiger partial charge in [0.15, 0.2) is 0 Å². The summed E-state index contributed by atoms with van der Waals surface area (Å²) < 4.78 is 4.48. The van der Waals surface area contributed by atoms with Gasteiger partial charge in [-0.2, -0.15) is 0 Å². The van der Waals surface area contributed by atoms with Crippen molar-refractivity contribution in [1.29, 1.82) is 0 Å². The highest BCUT2D eigenvalue weighted by Crippen LogP contribution is 2.16. The highest BCUT2D eigenvalue weighted by molar-refractivity contribution is 6.41. The van der Waals surface area contributed by atoms with Crippen molar-refractivity contribution in [3.63, 3.8) is 0 Å². The summed E-state index contributed by atoms with van der Waals surface area (Å²) in [7, 11) is 1.20. The van der Waals surface area contributed by atoms with Crippen LogP contribution in [0, 0.1) is 25.7 Å². The van der Waals surface area contributed by atoms with E-state index in [0.29, 0.717) is 11.1 Å². The molecular formula is C16H18O3. The van der Waals surface area contributed by atoms with Gasteiger partial charge in [0.05, 0.1) is 7.11 Å². The Morgan fingerprint density at radius 2 is 1.84 bits per heavy atom. The predicted octanol–water partition coefficient (Wildman–Crippen LogP) is 2.81. The first-order valence-corrected chi connectivity index (χ1v) is 6.24. The van der Waals surface area contributed by atoms with E-state index in [0.717, 1.165) is 24.0 Å². The Kier molecular flexibility index (Phi) is 5.32. The summed E-state index contributed by atoms with van der Waals surface area (Å²) in [6, 6.07) is 3.54. The summed E-state index contributed by atoms with van der Waals surface area (Å²) in [6.07, 6.45) is 1.72. The van der Waals surface area contributed by atoms with E-state index >= 15 is 0 Å². The number of ketones is 1. The van der Waals surface area contributed by atoms with Crippen LogP contribution in [0.2, 0.25) is 0 Å². The van der Waals surface area contributed by atoms with Gasteiger partial charge in [0, 0.05) is 17.5 Å². The molecule has 0 spiro atoms. The second-order valence-electron chi connectivity index (χ2n) is 4.35. The summed E-state index contributed by atoms with van der Waals surface area (Å²) in [5.74, 6) is 4.45. The molecule has 1 aromatic rings. The van der Waals surface area contributed by atoms with Crippen LogP contribution in [0.5, 0.6) is 0 Å². The molecule has 0 heterocycles. The molecule has 0 N–H and O–H groups in total. The fourth-order valence-electron chi connectivity index (χ4n) is 1.59. The summed E-state index contributed by atoms with van der Waals surface area (Å²) in [5.41, 5.74) is 2.90. The second kappa shape index (κ2) is 6.75. The number of hydrogen-bond acceptors (Lipinski definition) is 3. The number of hydrogen-bond donors (Lipinski definition) is 0. The first-order chi connectivity index (χ1) is 9.01. The average molecular weight is 258 g/mol. The minimum absolute atomic E-state index is 0.318. The van der Waals surface area contributed by atoms with Crippen molar-refractivity contribution in [2.24, 2.45) is 0 Å². The van der Waals surface area contributed by atoms with Crippen molar-refractivity contribution in [2.75, 3.05) is 7.11 Å². The van der Waals surface area contributed by atoms with Gasteiger partial charge in [0.1, 0.15) is 0 Å². The van der Waals surface area contributed by atoms with Crippen LogP contribution in [0.25, 0.3) is 0 Å². The normalized spacial score (nSPS) is 9.47. The SMILES string of the molecule is CCCC#Cc1cc(C)c(C)cc1C(=O)C(=O)OC. The van der Waals surface area contributed by atoms with Crippen LogP contribution < -0.4 is 0 Å². The number of Topliss-reactive ketones (excluding diaryl/α,β-unsaturated/α-hetero) is 1. The van der Waals surface area contributed by atoms with E-state index in [4.69, 9.17) is 0 Å². The molecule has 100 valence electrons. The molecule has 0 aromatic heterocycles. The molecule has 0 saturated carbocycles. The molecule has 19 heavy (non-hydrogen) atoms. The number of ether oxygens (including phenoxy) is 1. The summed E-state index contributed by atoms with van der Waals surface area (Å²) in [4.78, 5) is 23.3. The van der Waals surface area contributed by atoms with Crippen LogP contribution in [-0.4, -0.2) is 18.9 Å². The Hall–Kier alpha value is -2.08. The largest absolute Gasteiger partial charge is 0.463 e. The van der Waals surface area contributed by atoms with Crippen molar-refractivity contribution in [2.45, 2.75) is 33.6 Å². The van der Waals surface area contributed by atoms with Crippen molar-refractivity contribution in [3.8, 4) is 11.8 Å². The molecule has 3 heteroatoms. The van der Waals surface area contributed by atoms with Crippen molar-refractivity contribution >= 4 is 11.8 Å². The van der Waals surface area contributed by atoms with E-state index in [2.05, 4.69) is 16.6 Å². The highest BCUT2D eigenvalue weighted by Gasteiger charge is 2.20. The van der Waals surface area contributed by atoms with Crippen LogP contribution in [-0.2, 0) is 9.53 Å². The second-order valence-corrected chi connectivity index (χ2v) is 4.35. The molecule has 0 fully saturated rings. The number of methoxy groups -OCH3 is 1. The van der Waals surface area contributed by atoms with Crippen molar-refractivity contribution < 1.29 is 14.3 Å². The quantitative estimate of drug-likeness (QED) is 0.362. The molecule has 0 saturated heterocycles. The number of aryl methyl sites for hydroxylation is 2. The molecule has 0 aliphatic carbocycles. The Bertz CT molecular complexity index is 559. The van der Waals surface area contributed by atoms with Gasteiger partial charge in [-0.3, -0.25) is 4.79 Å². The lowest BCUT2D eigenvalue weighted by Gasteiger charge is -2.07. The molecular weight excluding hydrogens is 240 g/mol. The topological polar surface area (TPSA) is 43.4 Å². The van der Waals surface area contributed by atoms with Gasteiger partial charge in [-0.15, -0.1) is 0 Å². The number of carbonyl (C=O) groups excluding carboxylic acids is 2. The van der Waals surface area contributed by atoms with Crippen molar-refractivity contribution in [3.05, 3.63) is 34.4 Å². The first-order valence-electron chi connectivity index (χ1n) is 6.24. The molecule has 0 aliphatic heterocycles. The zero-order valence-electron chi connectivity index (χ0n) is 11.8. The summed E-state index contributed by atoms with van der Waals surface area (Å²) >= 11 is 0. The van der Waals surface area contributed by atoms with Gasteiger partial charge in [0.2, 0.25) is 0 Å². The third kappa shape index (κ3) is 3.69. The molecule has 1 rings (SSSR count). The summed E-state index contributed by atoms with van der Waals surface area (Å²) in [6.45, 7) is 5.88. The van der Waals surface area contributed by atoms with Crippen LogP contribution in [0.4, 0.5) is 0 Å². The van der Waals surface area contributed by atoms with Crippen LogP contribution in [0.3, 0.4) is 0 Å². The first kappa shape index (κ1) is 15.0. The minimum Gasteiger partial charge on any atom is -0.463 e. The third-order valence-corrected chi connectivity index (χ3v) is 2.85. The zero-order valence-corrected chi connectivity index (χ0v) is 11.8. The summed E-state index contributed by atoms with van der Waals surface area (Å²) in [5, 5.41) is 0. The fraction of sp³-hybridized carbons (Fsp3) is 0.375. The Balaban J connectivity index is 3.29. The van der Waals surface area contributed by atoms with E-state index in [1.165, 1.54) is 7.11 Å². The van der Waals surface area contributed by atoms with Crippen LogP contribution in [0.1, 0.15) is 46.8 Å². The van der Waals surface area contributed by atoms with E-state index < -0.39 is 11.8 Å². The molecule has 0 atom stereocenters. The van der Waals surface area contributed by atoms with Gasteiger partial charge in [-0.25, -0.2) is 4.79 Å².